The van der Waals surface area contributed by atoms with Crippen LogP contribution in [-0.4, -0.2) is 83.3 Å². The first-order chi connectivity index (χ1) is 12.8. The van der Waals surface area contributed by atoms with E-state index >= 15 is 0 Å². The summed E-state index contributed by atoms with van der Waals surface area (Å²) in [5.41, 5.74) is 0.854. The van der Waals surface area contributed by atoms with E-state index in [0.29, 0.717) is 25.2 Å². The van der Waals surface area contributed by atoms with Crippen molar-refractivity contribution < 1.29 is 4.79 Å². The monoisotopic (exact) mass is 377 g/mol. The second-order valence-corrected chi connectivity index (χ2v) is 7.59. The van der Waals surface area contributed by atoms with Gasteiger partial charge in [-0.15, -0.1) is 0 Å². The summed E-state index contributed by atoms with van der Waals surface area (Å²) in [7, 11) is 3.63. The van der Waals surface area contributed by atoms with Gasteiger partial charge < -0.3 is 15.1 Å². The summed E-state index contributed by atoms with van der Waals surface area (Å²) < 4.78 is 1.72. The molecule has 1 N–H and O–H groups in total. The maximum absolute atomic E-state index is 12.6. The lowest BCUT2D eigenvalue weighted by molar-refractivity contribution is -0.120. The highest BCUT2D eigenvalue weighted by Gasteiger charge is 2.27. The molecule has 0 unspecified atom stereocenters. The molecule has 2 rings (SSSR count). The number of carbonyl (C=O) groups excluding carboxylic acids is 1. The molecule has 0 spiro atoms. The fraction of sp³-hybridized carbons (Fsp3) is 0.737. The van der Waals surface area contributed by atoms with Gasteiger partial charge in [-0.2, -0.15) is 5.10 Å². The molecule has 8 nitrogen and oxygen atoms in total. The Morgan fingerprint density at radius 1 is 1.30 bits per heavy atom. The van der Waals surface area contributed by atoms with Crippen LogP contribution in [0.1, 0.15) is 34.1 Å². The lowest BCUT2D eigenvalue weighted by Gasteiger charge is -2.35. The van der Waals surface area contributed by atoms with Gasteiger partial charge in [0.1, 0.15) is 6.54 Å². The van der Waals surface area contributed by atoms with Gasteiger partial charge >= 0.3 is 0 Å². The lowest BCUT2D eigenvalue weighted by Crippen LogP contribution is -2.55. The Balaban J connectivity index is 1.82. The van der Waals surface area contributed by atoms with Gasteiger partial charge in [0, 0.05) is 58.6 Å². The molecule has 27 heavy (non-hydrogen) atoms. The topological polar surface area (TPSA) is 69.0 Å². The first kappa shape index (κ1) is 21.2. The van der Waals surface area contributed by atoms with Crippen molar-refractivity contribution in [2.24, 2.45) is 12.0 Å². The number of amides is 1. The number of guanidine groups is 1. The van der Waals surface area contributed by atoms with Gasteiger partial charge in [0.15, 0.2) is 5.96 Å². The van der Waals surface area contributed by atoms with Gasteiger partial charge in [-0.05, 0) is 34.1 Å². The van der Waals surface area contributed by atoms with Crippen LogP contribution in [0.25, 0.3) is 0 Å². The van der Waals surface area contributed by atoms with E-state index in [0.717, 1.165) is 37.7 Å². The van der Waals surface area contributed by atoms with Crippen LogP contribution in [0.5, 0.6) is 0 Å². The molecule has 1 aliphatic rings. The Morgan fingerprint density at radius 3 is 2.52 bits per heavy atom. The molecule has 1 fully saturated rings. The third kappa shape index (κ3) is 5.69. The van der Waals surface area contributed by atoms with Crippen molar-refractivity contribution in [3.05, 3.63) is 12.4 Å². The molecule has 1 aliphatic heterocycles. The van der Waals surface area contributed by atoms with Crippen molar-refractivity contribution >= 4 is 17.6 Å². The summed E-state index contributed by atoms with van der Waals surface area (Å²) in [6.07, 6.45) is 4.64. The molecule has 1 aromatic heterocycles. The van der Waals surface area contributed by atoms with Crippen LogP contribution in [0, 0.1) is 0 Å². The van der Waals surface area contributed by atoms with Crippen LogP contribution in [-0.2, 0) is 11.8 Å². The van der Waals surface area contributed by atoms with E-state index in [2.05, 4.69) is 48.0 Å². The highest BCUT2D eigenvalue weighted by Crippen LogP contribution is 2.16. The van der Waals surface area contributed by atoms with Crippen molar-refractivity contribution in [1.29, 1.82) is 0 Å². The fourth-order valence-electron chi connectivity index (χ4n) is 3.58. The number of hydrogen-bond acceptors (Lipinski definition) is 4. The molecule has 0 saturated carbocycles. The molecule has 1 saturated heterocycles. The third-order valence-corrected chi connectivity index (χ3v) is 4.94. The minimum atomic E-state index is 0.0722. The summed E-state index contributed by atoms with van der Waals surface area (Å²) in [4.78, 5) is 23.2. The summed E-state index contributed by atoms with van der Waals surface area (Å²) in [6.45, 7) is 12.6. The average molecular weight is 378 g/mol. The summed E-state index contributed by atoms with van der Waals surface area (Å²) in [6, 6.07) is 1.09. The van der Waals surface area contributed by atoms with E-state index < -0.39 is 0 Å². The Hall–Kier alpha value is -2.09. The number of anilines is 1. The Morgan fingerprint density at radius 2 is 2.00 bits per heavy atom. The number of carbonyl (C=O) groups is 1. The predicted molar refractivity (Wildman–Crippen MR) is 110 cm³/mol. The van der Waals surface area contributed by atoms with Crippen molar-refractivity contribution in [3.8, 4) is 0 Å². The normalized spacial score (nSPS) is 16.2. The lowest BCUT2D eigenvalue weighted by atomic mass is 10.2. The van der Waals surface area contributed by atoms with E-state index in [1.54, 1.807) is 22.8 Å². The van der Waals surface area contributed by atoms with Gasteiger partial charge in [-0.1, -0.05) is 0 Å². The smallest absolute Gasteiger partial charge is 0.246 e. The number of aryl methyl sites for hydroxylation is 1. The molecular formula is C19H35N7O. The molecular weight excluding hydrogens is 342 g/mol. The highest BCUT2D eigenvalue weighted by molar-refractivity contribution is 5.98. The van der Waals surface area contributed by atoms with Crippen LogP contribution in [0.15, 0.2) is 17.4 Å². The minimum Gasteiger partial charge on any atom is -0.356 e. The van der Waals surface area contributed by atoms with Crippen LogP contribution < -0.4 is 10.2 Å². The number of aromatic nitrogens is 2. The summed E-state index contributed by atoms with van der Waals surface area (Å²) in [5.74, 6) is 0.873. The molecule has 1 aromatic rings. The molecule has 0 radical (unpaired) electrons. The van der Waals surface area contributed by atoms with Crippen LogP contribution in [0.2, 0.25) is 0 Å². The quantitative estimate of drug-likeness (QED) is 0.439. The fourth-order valence-corrected chi connectivity index (χ4v) is 3.58. The number of nitrogens with zero attached hydrogens (tertiary/aromatic N) is 6. The number of rotatable bonds is 7. The van der Waals surface area contributed by atoms with Gasteiger partial charge in [0.05, 0.1) is 11.9 Å². The first-order valence-corrected chi connectivity index (χ1v) is 9.83. The average Bonchev–Trinajstić information content (AvgIpc) is 3.03. The van der Waals surface area contributed by atoms with Gasteiger partial charge in [-0.25, -0.2) is 0 Å². The second-order valence-electron chi connectivity index (χ2n) is 7.59. The zero-order valence-electron chi connectivity index (χ0n) is 17.6. The highest BCUT2D eigenvalue weighted by atomic mass is 16.2. The minimum absolute atomic E-state index is 0.0722. The molecule has 2 heterocycles. The van der Waals surface area contributed by atoms with E-state index in [1.165, 1.54) is 0 Å². The molecule has 0 bridgehead atoms. The molecule has 8 heteroatoms. The number of piperazine rings is 1. The Bertz CT molecular complexity index is 630. The van der Waals surface area contributed by atoms with E-state index in [4.69, 9.17) is 0 Å². The third-order valence-electron chi connectivity index (χ3n) is 4.94. The number of hydrogen-bond donors (Lipinski definition) is 1. The largest absolute Gasteiger partial charge is 0.356 e. The van der Waals surface area contributed by atoms with E-state index in [-0.39, 0.29) is 5.91 Å². The van der Waals surface area contributed by atoms with Crippen LogP contribution in [0.3, 0.4) is 0 Å². The van der Waals surface area contributed by atoms with Crippen LogP contribution in [0.4, 0.5) is 5.69 Å². The maximum Gasteiger partial charge on any atom is 0.246 e. The zero-order chi connectivity index (χ0) is 20.0. The number of aliphatic imine (C=N–C) groups is 1. The molecule has 152 valence electrons. The zero-order valence-corrected chi connectivity index (χ0v) is 17.6. The Labute approximate surface area is 163 Å². The van der Waals surface area contributed by atoms with E-state index in [9.17, 15) is 4.79 Å². The first-order valence-electron chi connectivity index (χ1n) is 9.83. The van der Waals surface area contributed by atoms with Gasteiger partial charge in [0.25, 0.3) is 0 Å². The van der Waals surface area contributed by atoms with Gasteiger partial charge in [-0.3, -0.25) is 19.4 Å². The molecule has 0 aromatic carbocycles. The van der Waals surface area contributed by atoms with Crippen molar-refractivity contribution in [1.82, 2.24) is 24.9 Å². The predicted octanol–water partition coefficient (Wildman–Crippen LogP) is 1.15. The molecule has 0 atom stereocenters. The van der Waals surface area contributed by atoms with Crippen molar-refractivity contribution in [2.45, 2.75) is 46.2 Å². The molecule has 0 aliphatic carbocycles. The van der Waals surface area contributed by atoms with E-state index in [1.807, 2.05) is 18.1 Å². The SMILES string of the molecule is CN=C(NCCCN(C(C)C)C(C)C)N1CCN(c2cnn(C)c2)C(=O)C1. The molecule has 1 amide bonds. The summed E-state index contributed by atoms with van der Waals surface area (Å²) in [5, 5.41) is 7.57. The summed E-state index contributed by atoms with van der Waals surface area (Å²) >= 11 is 0. The Kier molecular flexibility index (Phi) is 7.65. The van der Waals surface area contributed by atoms with Crippen molar-refractivity contribution in [2.75, 3.05) is 44.7 Å². The number of nitrogens with one attached hydrogen (secondary N) is 1. The maximum atomic E-state index is 12.6. The van der Waals surface area contributed by atoms with Gasteiger partial charge in [0.2, 0.25) is 5.91 Å². The van der Waals surface area contributed by atoms with Crippen LogP contribution >= 0.6 is 0 Å². The second kappa shape index (κ2) is 9.73. The standard InChI is InChI=1S/C19H35N7O/c1-15(2)25(16(3)4)9-7-8-21-19(20-5)24-10-11-26(18(27)14-24)17-12-22-23(6)13-17/h12-13,15-16H,7-11,14H2,1-6H3,(H,20,21). The van der Waals surface area contributed by atoms with Crippen molar-refractivity contribution in [3.63, 3.8) is 0 Å².